The van der Waals surface area contributed by atoms with Crippen LogP contribution >= 0.6 is 11.6 Å². The zero-order chi connectivity index (χ0) is 9.14. The first kappa shape index (κ1) is 9.85. The van der Waals surface area contributed by atoms with E-state index in [1.807, 2.05) is 0 Å². The summed E-state index contributed by atoms with van der Waals surface area (Å²) in [6.07, 6.45) is 3.13. The number of alkyl halides is 1. The average molecular weight is 190 g/mol. The third kappa shape index (κ3) is 2.67. The molecule has 1 rings (SSSR count). The first-order chi connectivity index (χ1) is 5.59. The number of carbonyl (C=O) groups is 1. The van der Waals surface area contributed by atoms with Crippen LogP contribution in [0.4, 0.5) is 0 Å². The zero-order valence-corrected chi connectivity index (χ0v) is 8.40. The fraction of sp³-hybridized carbons (Fsp3) is 0.889. The standard InChI is InChI=1S/C9H16ClNO/c1-6-3-4-8(10)5-9(6)11-7(2)12/h6,8-9H,3-5H2,1-2H3,(H,11,12)/t6-,8+,9+/m0/s1. The van der Waals surface area contributed by atoms with Crippen LogP contribution in [-0.4, -0.2) is 17.3 Å². The van der Waals surface area contributed by atoms with Crippen molar-refractivity contribution in [3.05, 3.63) is 0 Å². The molecule has 0 unspecified atom stereocenters. The fourth-order valence-corrected chi connectivity index (χ4v) is 2.05. The Kier molecular flexibility index (Phi) is 3.39. The maximum absolute atomic E-state index is 10.8. The smallest absolute Gasteiger partial charge is 0.217 e. The summed E-state index contributed by atoms with van der Waals surface area (Å²) in [6.45, 7) is 3.73. The van der Waals surface area contributed by atoms with E-state index in [9.17, 15) is 4.79 Å². The van der Waals surface area contributed by atoms with Gasteiger partial charge in [-0.25, -0.2) is 0 Å². The molecule has 0 spiro atoms. The molecular weight excluding hydrogens is 174 g/mol. The van der Waals surface area contributed by atoms with E-state index in [-0.39, 0.29) is 11.3 Å². The molecule has 0 aliphatic heterocycles. The van der Waals surface area contributed by atoms with Gasteiger partial charge in [-0.05, 0) is 25.2 Å². The van der Waals surface area contributed by atoms with Gasteiger partial charge in [0, 0.05) is 18.3 Å². The SMILES string of the molecule is CC(=O)N[C@@H]1C[C@H](Cl)CC[C@@H]1C. The summed E-state index contributed by atoms with van der Waals surface area (Å²) in [7, 11) is 0. The lowest BCUT2D eigenvalue weighted by Crippen LogP contribution is -2.42. The van der Waals surface area contributed by atoms with Crippen LogP contribution in [0.1, 0.15) is 33.1 Å². The molecule has 1 fully saturated rings. The molecule has 1 N–H and O–H groups in total. The van der Waals surface area contributed by atoms with Crippen molar-refractivity contribution in [2.24, 2.45) is 5.92 Å². The van der Waals surface area contributed by atoms with E-state index in [4.69, 9.17) is 11.6 Å². The summed E-state index contributed by atoms with van der Waals surface area (Å²) in [5, 5.41) is 3.19. The topological polar surface area (TPSA) is 29.1 Å². The number of nitrogens with one attached hydrogen (secondary N) is 1. The summed E-state index contributed by atoms with van der Waals surface area (Å²) < 4.78 is 0. The highest BCUT2D eigenvalue weighted by Gasteiger charge is 2.26. The number of carbonyl (C=O) groups excluding carboxylic acids is 1. The molecule has 0 saturated heterocycles. The third-order valence-electron chi connectivity index (χ3n) is 2.52. The van der Waals surface area contributed by atoms with Gasteiger partial charge in [-0.3, -0.25) is 4.79 Å². The molecule has 3 heteroatoms. The molecular formula is C9H16ClNO. The first-order valence-corrected chi connectivity index (χ1v) is 4.94. The second-order valence-electron chi connectivity index (χ2n) is 3.69. The van der Waals surface area contributed by atoms with Crippen LogP contribution in [0.15, 0.2) is 0 Å². The van der Waals surface area contributed by atoms with Gasteiger partial charge in [-0.2, -0.15) is 0 Å². The second kappa shape index (κ2) is 4.13. The Morgan fingerprint density at radius 2 is 2.17 bits per heavy atom. The Labute approximate surface area is 78.7 Å². The van der Waals surface area contributed by atoms with E-state index < -0.39 is 0 Å². The van der Waals surface area contributed by atoms with E-state index in [1.165, 1.54) is 0 Å². The van der Waals surface area contributed by atoms with Gasteiger partial charge in [0.05, 0.1) is 0 Å². The van der Waals surface area contributed by atoms with E-state index in [0.717, 1.165) is 19.3 Å². The van der Waals surface area contributed by atoms with Crippen LogP contribution in [0.25, 0.3) is 0 Å². The Hall–Kier alpha value is -0.240. The number of rotatable bonds is 1. The van der Waals surface area contributed by atoms with Crippen LogP contribution in [-0.2, 0) is 4.79 Å². The second-order valence-corrected chi connectivity index (χ2v) is 4.31. The van der Waals surface area contributed by atoms with Gasteiger partial charge in [-0.15, -0.1) is 11.6 Å². The van der Waals surface area contributed by atoms with Crippen molar-refractivity contribution in [1.29, 1.82) is 0 Å². The third-order valence-corrected chi connectivity index (χ3v) is 2.92. The lowest BCUT2D eigenvalue weighted by atomic mass is 9.85. The number of hydrogen-bond acceptors (Lipinski definition) is 1. The Bertz CT molecular complexity index is 172. The maximum atomic E-state index is 10.8. The molecule has 0 aromatic carbocycles. The van der Waals surface area contributed by atoms with Gasteiger partial charge < -0.3 is 5.32 Å². The van der Waals surface area contributed by atoms with Crippen molar-refractivity contribution in [3.63, 3.8) is 0 Å². The number of hydrogen-bond donors (Lipinski definition) is 1. The first-order valence-electron chi connectivity index (χ1n) is 4.50. The van der Waals surface area contributed by atoms with Crippen LogP contribution in [0.5, 0.6) is 0 Å². The molecule has 12 heavy (non-hydrogen) atoms. The van der Waals surface area contributed by atoms with Crippen LogP contribution in [0, 0.1) is 5.92 Å². The van der Waals surface area contributed by atoms with Crippen molar-refractivity contribution < 1.29 is 4.79 Å². The van der Waals surface area contributed by atoms with E-state index in [0.29, 0.717) is 12.0 Å². The molecule has 70 valence electrons. The maximum Gasteiger partial charge on any atom is 0.217 e. The Morgan fingerprint density at radius 1 is 1.50 bits per heavy atom. The van der Waals surface area contributed by atoms with Crippen molar-refractivity contribution in [2.45, 2.75) is 44.5 Å². The molecule has 1 aliphatic rings. The van der Waals surface area contributed by atoms with E-state index in [2.05, 4.69) is 12.2 Å². The predicted octanol–water partition coefficient (Wildman–Crippen LogP) is 1.92. The van der Waals surface area contributed by atoms with Crippen LogP contribution in [0.3, 0.4) is 0 Å². The average Bonchev–Trinajstić information content (AvgIpc) is 1.96. The molecule has 0 radical (unpaired) electrons. The quantitative estimate of drug-likeness (QED) is 0.628. The van der Waals surface area contributed by atoms with Crippen LogP contribution < -0.4 is 5.32 Å². The molecule has 1 saturated carbocycles. The molecule has 0 bridgehead atoms. The lowest BCUT2D eigenvalue weighted by Gasteiger charge is -2.31. The van der Waals surface area contributed by atoms with Crippen molar-refractivity contribution in [1.82, 2.24) is 5.32 Å². The molecule has 0 aromatic rings. The van der Waals surface area contributed by atoms with E-state index >= 15 is 0 Å². The normalized spacial score (nSPS) is 36.1. The molecule has 3 atom stereocenters. The number of amides is 1. The van der Waals surface area contributed by atoms with Crippen molar-refractivity contribution in [3.8, 4) is 0 Å². The van der Waals surface area contributed by atoms with Gasteiger partial charge >= 0.3 is 0 Å². The van der Waals surface area contributed by atoms with Crippen LogP contribution in [0.2, 0.25) is 0 Å². The summed E-state index contributed by atoms with van der Waals surface area (Å²) in [4.78, 5) is 10.8. The summed E-state index contributed by atoms with van der Waals surface area (Å²) in [6, 6.07) is 0.291. The number of halogens is 1. The van der Waals surface area contributed by atoms with Gasteiger partial charge in [0.2, 0.25) is 5.91 Å². The highest BCUT2D eigenvalue weighted by atomic mass is 35.5. The highest BCUT2D eigenvalue weighted by Crippen LogP contribution is 2.27. The minimum Gasteiger partial charge on any atom is -0.353 e. The molecule has 1 aliphatic carbocycles. The lowest BCUT2D eigenvalue weighted by molar-refractivity contribution is -0.120. The van der Waals surface area contributed by atoms with Gasteiger partial charge in [-0.1, -0.05) is 6.92 Å². The van der Waals surface area contributed by atoms with Crippen molar-refractivity contribution in [2.75, 3.05) is 0 Å². The monoisotopic (exact) mass is 189 g/mol. The van der Waals surface area contributed by atoms with E-state index in [1.54, 1.807) is 6.92 Å². The summed E-state index contributed by atoms with van der Waals surface area (Å²) in [5.74, 6) is 0.626. The molecule has 1 amide bonds. The highest BCUT2D eigenvalue weighted by molar-refractivity contribution is 6.20. The molecule has 0 aromatic heterocycles. The Balaban J connectivity index is 2.43. The van der Waals surface area contributed by atoms with Crippen molar-refractivity contribution >= 4 is 17.5 Å². The van der Waals surface area contributed by atoms with Gasteiger partial charge in [0.15, 0.2) is 0 Å². The predicted molar refractivity (Wildman–Crippen MR) is 50.3 cm³/mol. The molecule has 0 heterocycles. The summed E-state index contributed by atoms with van der Waals surface area (Å²) in [5.41, 5.74) is 0. The fourth-order valence-electron chi connectivity index (χ4n) is 1.73. The van der Waals surface area contributed by atoms with Gasteiger partial charge in [0.25, 0.3) is 0 Å². The van der Waals surface area contributed by atoms with Gasteiger partial charge in [0.1, 0.15) is 0 Å². The Morgan fingerprint density at radius 3 is 2.75 bits per heavy atom. The minimum absolute atomic E-state index is 0.0533. The minimum atomic E-state index is 0.0533. The zero-order valence-electron chi connectivity index (χ0n) is 7.64. The molecule has 2 nitrogen and oxygen atoms in total. The summed E-state index contributed by atoms with van der Waals surface area (Å²) >= 11 is 6.01. The largest absolute Gasteiger partial charge is 0.353 e.